The highest BCUT2D eigenvalue weighted by atomic mass is 16.5. The Morgan fingerprint density at radius 3 is 2.39 bits per heavy atom. The molecule has 1 amide bonds. The quantitative estimate of drug-likeness (QED) is 0.373. The van der Waals surface area contributed by atoms with Crippen LogP contribution in [0.5, 0.6) is 11.5 Å². The summed E-state index contributed by atoms with van der Waals surface area (Å²) in [4.78, 5) is 31.5. The molecular weight excluding hydrogens is 396 g/mol. The third kappa shape index (κ3) is 3.61. The molecule has 0 bridgehead atoms. The second-order valence-corrected chi connectivity index (χ2v) is 6.87. The average molecular weight is 416 g/mol. The van der Waals surface area contributed by atoms with Gasteiger partial charge in [-0.25, -0.2) is 0 Å². The van der Waals surface area contributed by atoms with E-state index in [1.54, 1.807) is 54.6 Å². The van der Waals surface area contributed by atoms with E-state index in [0.29, 0.717) is 23.6 Å². The zero-order valence-electron chi connectivity index (χ0n) is 16.7. The van der Waals surface area contributed by atoms with E-state index in [1.165, 1.54) is 23.2 Å². The smallest absolute Gasteiger partial charge is 0.300 e. The van der Waals surface area contributed by atoms with Crippen LogP contribution < -0.4 is 9.64 Å². The highest BCUT2D eigenvalue weighted by Gasteiger charge is 2.48. The molecule has 1 fully saturated rings. The molecule has 0 radical (unpaired) electrons. The normalized spacial score (nSPS) is 17.7. The first-order chi connectivity index (χ1) is 15.0. The maximum Gasteiger partial charge on any atom is 0.300 e. The predicted molar refractivity (Wildman–Crippen MR) is 115 cm³/mol. The minimum Gasteiger partial charge on any atom is -0.507 e. The lowest BCUT2D eigenvalue weighted by atomic mass is 9.98. The van der Waals surface area contributed by atoms with Crippen molar-refractivity contribution in [3.05, 3.63) is 89.8 Å². The number of carbonyl (C=O) groups excluding carboxylic acids is 2. The van der Waals surface area contributed by atoms with E-state index in [-0.39, 0.29) is 22.8 Å². The molecule has 1 aliphatic rings. The molecule has 1 atom stereocenters. The number of aliphatic hydroxyl groups excluding tert-OH is 1. The van der Waals surface area contributed by atoms with Crippen LogP contribution in [0.2, 0.25) is 0 Å². The fourth-order valence-corrected chi connectivity index (χ4v) is 3.60. The van der Waals surface area contributed by atoms with E-state index in [0.717, 1.165) is 0 Å². The summed E-state index contributed by atoms with van der Waals surface area (Å²) in [6.07, 6.45) is 1.54. The maximum absolute atomic E-state index is 13.0. The fraction of sp³-hybridized carbons (Fsp3) is 0.125. The monoisotopic (exact) mass is 416 g/mol. The molecule has 1 saturated heterocycles. The number of anilines is 1. The summed E-state index contributed by atoms with van der Waals surface area (Å²) < 4.78 is 5.42. The van der Waals surface area contributed by atoms with Gasteiger partial charge >= 0.3 is 0 Å². The third-order valence-electron chi connectivity index (χ3n) is 4.99. The number of para-hydroxylation sites is 2. The number of Topliss-reactive ketones (excluding diaryl/α,β-unsaturated/α-hetero) is 1. The number of phenols is 1. The van der Waals surface area contributed by atoms with Crippen molar-refractivity contribution in [1.82, 2.24) is 4.98 Å². The van der Waals surface area contributed by atoms with E-state index in [2.05, 4.69) is 4.98 Å². The standard InChI is InChI=1S/C24H20N2O5/c1-2-31-16-12-10-15(11-13-16)22(28)20-21(17-7-5-6-14-25-17)26(24(30)23(20)29)18-8-3-4-9-19(18)27/h3-14,21,27-28H,2H2,1H3/b22-20-. The molecule has 4 rings (SSSR count). The van der Waals surface area contributed by atoms with E-state index >= 15 is 0 Å². The lowest BCUT2D eigenvalue weighted by Crippen LogP contribution is -2.29. The second-order valence-electron chi connectivity index (χ2n) is 6.87. The van der Waals surface area contributed by atoms with E-state index in [4.69, 9.17) is 4.74 Å². The van der Waals surface area contributed by atoms with Crippen molar-refractivity contribution in [2.75, 3.05) is 11.5 Å². The van der Waals surface area contributed by atoms with E-state index in [9.17, 15) is 19.8 Å². The van der Waals surface area contributed by atoms with E-state index < -0.39 is 17.7 Å². The van der Waals surface area contributed by atoms with Gasteiger partial charge in [-0.2, -0.15) is 0 Å². The molecule has 0 saturated carbocycles. The number of pyridine rings is 1. The van der Waals surface area contributed by atoms with Crippen molar-refractivity contribution < 1.29 is 24.5 Å². The molecule has 156 valence electrons. The first kappa shape index (κ1) is 20.2. The summed E-state index contributed by atoms with van der Waals surface area (Å²) in [7, 11) is 0. The van der Waals surface area contributed by atoms with Crippen LogP contribution in [0.3, 0.4) is 0 Å². The van der Waals surface area contributed by atoms with Crippen LogP contribution in [0.1, 0.15) is 24.2 Å². The summed E-state index contributed by atoms with van der Waals surface area (Å²) >= 11 is 0. The topological polar surface area (TPSA) is 100.0 Å². The van der Waals surface area contributed by atoms with Crippen LogP contribution in [0, 0.1) is 0 Å². The predicted octanol–water partition coefficient (Wildman–Crippen LogP) is 3.81. The molecule has 31 heavy (non-hydrogen) atoms. The molecule has 1 unspecified atom stereocenters. The van der Waals surface area contributed by atoms with Gasteiger partial charge in [0, 0.05) is 11.8 Å². The number of nitrogens with zero attached hydrogens (tertiary/aromatic N) is 2. The number of hydrogen-bond donors (Lipinski definition) is 2. The summed E-state index contributed by atoms with van der Waals surface area (Å²) in [6.45, 7) is 2.36. The van der Waals surface area contributed by atoms with Crippen molar-refractivity contribution in [3.63, 3.8) is 0 Å². The molecule has 2 aromatic carbocycles. The molecule has 2 heterocycles. The molecule has 1 aromatic heterocycles. The molecule has 1 aliphatic heterocycles. The second kappa shape index (κ2) is 8.31. The number of aliphatic hydroxyl groups is 1. The van der Waals surface area contributed by atoms with Gasteiger partial charge in [-0.3, -0.25) is 19.5 Å². The highest BCUT2D eigenvalue weighted by molar-refractivity contribution is 6.51. The Bertz CT molecular complexity index is 1160. The van der Waals surface area contributed by atoms with Crippen molar-refractivity contribution in [2.45, 2.75) is 13.0 Å². The van der Waals surface area contributed by atoms with E-state index in [1.807, 2.05) is 6.92 Å². The van der Waals surface area contributed by atoms with Gasteiger partial charge in [0.1, 0.15) is 23.3 Å². The minimum atomic E-state index is -0.999. The third-order valence-corrected chi connectivity index (χ3v) is 4.99. The molecule has 7 heteroatoms. The number of aromatic nitrogens is 1. The van der Waals surface area contributed by atoms with Crippen LogP contribution in [-0.4, -0.2) is 33.5 Å². The average Bonchev–Trinajstić information content (AvgIpc) is 3.05. The van der Waals surface area contributed by atoms with Gasteiger partial charge in [0.25, 0.3) is 11.7 Å². The summed E-state index contributed by atoms with van der Waals surface area (Å²) in [5, 5.41) is 21.4. The lowest BCUT2D eigenvalue weighted by molar-refractivity contribution is -0.132. The number of phenolic OH excluding ortho intramolecular Hbond substituents is 1. The van der Waals surface area contributed by atoms with Crippen molar-refractivity contribution >= 4 is 23.1 Å². The van der Waals surface area contributed by atoms with Crippen LogP contribution >= 0.6 is 0 Å². The number of hydrogen-bond acceptors (Lipinski definition) is 6. The van der Waals surface area contributed by atoms with Gasteiger partial charge in [0.05, 0.1) is 23.6 Å². The van der Waals surface area contributed by atoms with Gasteiger partial charge in [-0.05, 0) is 55.5 Å². The van der Waals surface area contributed by atoms with Crippen molar-refractivity contribution in [2.24, 2.45) is 0 Å². The van der Waals surface area contributed by atoms with Crippen molar-refractivity contribution in [3.8, 4) is 11.5 Å². The number of rotatable bonds is 5. The van der Waals surface area contributed by atoms with Crippen LogP contribution in [0.15, 0.2) is 78.5 Å². The van der Waals surface area contributed by atoms with Gasteiger partial charge in [-0.1, -0.05) is 18.2 Å². The maximum atomic E-state index is 13.0. The SMILES string of the molecule is CCOc1ccc(/C(O)=C2/C(=O)C(=O)N(c3ccccc3O)C2c2ccccn2)cc1. The number of ether oxygens (including phenoxy) is 1. The minimum absolute atomic E-state index is 0.101. The van der Waals surface area contributed by atoms with Gasteiger partial charge < -0.3 is 14.9 Å². The molecule has 3 aromatic rings. The Labute approximate surface area is 178 Å². The molecule has 7 nitrogen and oxygen atoms in total. The molecule has 0 spiro atoms. The first-order valence-electron chi connectivity index (χ1n) is 9.76. The number of ketones is 1. The van der Waals surface area contributed by atoms with Gasteiger partial charge in [0.2, 0.25) is 0 Å². The van der Waals surface area contributed by atoms with Gasteiger partial charge in [-0.15, -0.1) is 0 Å². The number of carbonyl (C=O) groups is 2. The Morgan fingerprint density at radius 1 is 1.03 bits per heavy atom. The number of aromatic hydroxyl groups is 1. The Balaban J connectivity index is 1.89. The Morgan fingerprint density at radius 2 is 1.74 bits per heavy atom. The summed E-state index contributed by atoms with van der Waals surface area (Å²) in [5.41, 5.74) is 0.805. The molecule has 0 aliphatic carbocycles. The number of amides is 1. The largest absolute Gasteiger partial charge is 0.507 e. The van der Waals surface area contributed by atoms with Crippen LogP contribution in [0.25, 0.3) is 5.76 Å². The first-order valence-corrected chi connectivity index (χ1v) is 9.76. The van der Waals surface area contributed by atoms with Crippen LogP contribution in [0.4, 0.5) is 5.69 Å². The lowest BCUT2D eigenvalue weighted by Gasteiger charge is -2.25. The van der Waals surface area contributed by atoms with Crippen LogP contribution in [-0.2, 0) is 9.59 Å². The fourth-order valence-electron chi connectivity index (χ4n) is 3.60. The Hall–Kier alpha value is -4.13. The summed E-state index contributed by atoms with van der Waals surface area (Å²) in [5.74, 6) is -1.58. The molecular formula is C24H20N2O5. The summed E-state index contributed by atoms with van der Waals surface area (Å²) in [6, 6.07) is 16.9. The molecule has 2 N–H and O–H groups in total. The van der Waals surface area contributed by atoms with Gasteiger partial charge in [0.15, 0.2) is 0 Å². The highest BCUT2D eigenvalue weighted by Crippen LogP contribution is 2.44. The zero-order chi connectivity index (χ0) is 22.0. The van der Waals surface area contributed by atoms with Crippen molar-refractivity contribution in [1.29, 1.82) is 0 Å². The number of benzene rings is 2. The Kier molecular flexibility index (Phi) is 5.41. The zero-order valence-corrected chi connectivity index (χ0v) is 16.7.